The second-order valence-corrected chi connectivity index (χ2v) is 7.19. The molecule has 1 amide bonds. The van der Waals surface area contributed by atoms with E-state index in [1.54, 1.807) is 11.3 Å². The molecule has 1 N–H and O–H groups in total. The fraction of sp³-hybridized carbons (Fsp3) is 0.538. The summed E-state index contributed by atoms with van der Waals surface area (Å²) in [7, 11) is 0. The number of aryl methyl sites for hydroxylation is 1. The Kier molecular flexibility index (Phi) is 4.99. The molecule has 1 atom stereocenters. The van der Waals surface area contributed by atoms with Crippen molar-refractivity contribution in [1.82, 2.24) is 4.90 Å². The minimum Gasteiger partial charge on any atom is -0.480 e. The first-order chi connectivity index (χ1) is 9.08. The third kappa shape index (κ3) is 3.79. The number of carbonyl (C=O) groups is 2. The van der Waals surface area contributed by atoms with E-state index in [0.717, 1.165) is 23.0 Å². The van der Waals surface area contributed by atoms with Crippen LogP contribution in [0.15, 0.2) is 15.9 Å². The number of likely N-dealkylation sites (tertiary alicyclic amines) is 1. The van der Waals surface area contributed by atoms with Crippen molar-refractivity contribution in [2.75, 3.05) is 6.54 Å². The molecular formula is C13H16BrNO3S. The summed E-state index contributed by atoms with van der Waals surface area (Å²) in [6.07, 6.45) is 3.45. The van der Waals surface area contributed by atoms with E-state index in [9.17, 15) is 9.59 Å². The lowest BCUT2D eigenvalue weighted by atomic mass is 10.2. The van der Waals surface area contributed by atoms with E-state index in [2.05, 4.69) is 22.0 Å². The molecular weight excluding hydrogens is 330 g/mol. The maximum absolute atomic E-state index is 12.0. The highest BCUT2D eigenvalue weighted by Crippen LogP contribution is 2.24. The molecule has 2 heterocycles. The number of carbonyl (C=O) groups excluding carboxylic acids is 1. The average Bonchev–Trinajstić information content (AvgIpc) is 2.97. The third-order valence-electron chi connectivity index (χ3n) is 3.30. The minimum atomic E-state index is -0.881. The summed E-state index contributed by atoms with van der Waals surface area (Å²) >= 11 is 5.08. The van der Waals surface area contributed by atoms with Gasteiger partial charge in [-0.2, -0.15) is 0 Å². The molecule has 2 rings (SSSR count). The third-order valence-corrected chi connectivity index (χ3v) is 4.98. The lowest BCUT2D eigenvalue weighted by Gasteiger charge is -2.21. The Morgan fingerprint density at radius 2 is 2.26 bits per heavy atom. The number of halogens is 1. The van der Waals surface area contributed by atoms with Crippen molar-refractivity contribution in [3.8, 4) is 0 Å². The first kappa shape index (κ1) is 14.5. The second kappa shape index (κ2) is 6.52. The highest BCUT2D eigenvalue weighted by atomic mass is 79.9. The number of carboxylic acid groups (broad SMARTS) is 1. The number of carboxylic acids is 1. The van der Waals surface area contributed by atoms with Gasteiger partial charge in [-0.3, -0.25) is 4.79 Å². The first-order valence-electron chi connectivity index (χ1n) is 6.34. The van der Waals surface area contributed by atoms with Crippen molar-refractivity contribution >= 4 is 39.1 Å². The van der Waals surface area contributed by atoms with Crippen molar-refractivity contribution in [3.63, 3.8) is 0 Å². The van der Waals surface area contributed by atoms with Gasteiger partial charge in [0.2, 0.25) is 5.91 Å². The zero-order chi connectivity index (χ0) is 13.8. The standard InChI is InChI=1S/C13H16BrNO3S/c14-11-7-6-9(19-11)3-1-5-12(16)15-8-2-4-10(15)13(17)18/h6-7,10H,1-5,8H2,(H,17,18)/t10-/m0/s1. The molecule has 6 heteroatoms. The van der Waals surface area contributed by atoms with E-state index in [1.165, 1.54) is 9.78 Å². The number of thiophene rings is 1. The number of hydrogen-bond acceptors (Lipinski definition) is 3. The van der Waals surface area contributed by atoms with Crippen LogP contribution in [0.2, 0.25) is 0 Å². The molecule has 0 radical (unpaired) electrons. The van der Waals surface area contributed by atoms with E-state index < -0.39 is 12.0 Å². The smallest absolute Gasteiger partial charge is 0.326 e. The predicted octanol–water partition coefficient (Wildman–Crippen LogP) is 2.91. The van der Waals surface area contributed by atoms with Crippen LogP contribution >= 0.6 is 27.3 Å². The Morgan fingerprint density at radius 1 is 1.47 bits per heavy atom. The molecule has 0 aliphatic carbocycles. The van der Waals surface area contributed by atoms with Crippen molar-refractivity contribution in [3.05, 3.63) is 20.8 Å². The van der Waals surface area contributed by atoms with E-state index in [4.69, 9.17) is 5.11 Å². The van der Waals surface area contributed by atoms with Gasteiger partial charge < -0.3 is 10.0 Å². The van der Waals surface area contributed by atoms with Crippen LogP contribution in [0.1, 0.15) is 30.6 Å². The van der Waals surface area contributed by atoms with Crippen LogP contribution in [0.4, 0.5) is 0 Å². The summed E-state index contributed by atoms with van der Waals surface area (Å²) in [4.78, 5) is 25.8. The number of nitrogens with zero attached hydrogens (tertiary/aromatic N) is 1. The maximum atomic E-state index is 12.0. The van der Waals surface area contributed by atoms with E-state index in [-0.39, 0.29) is 5.91 Å². The number of aliphatic carboxylic acids is 1. The van der Waals surface area contributed by atoms with Crippen molar-refractivity contribution < 1.29 is 14.7 Å². The SMILES string of the molecule is O=C(O)[C@@H]1CCCN1C(=O)CCCc1ccc(Br)s1. The summed E-state index contributed by atoms with van der Waals surface area (Å²) in [5.74, 6) is -0.909. The molecule has 0 bridgehead atoms. The molecule has 1 fully saturated rings. The number of hydrogen-bond donors (Lipinski definition) is 1. The highest BCUT2D eigenvalue weighted by Gasteiger charge is 2.33. The Labute approximate surface area is 124 Å². The summed E-state index contributed by atoms with van der Waals surface area (Å²) in [5, 5.41) is 9.04. The first-order valence-corrected chi connectivity index (χ1v) is 7.95. The van der Waals surface area contributed by atoms with Crippen LogP contribution in [-0.2, 0) is 16.0 Å². The largest absolute Gasteiger partial charge is 0.480 e. The molecule has 0 saturated carbocycles. The lowest BCUT2D eigenvalue weighted by molar-refractivity contribution is -0.148. The van der Waals surface area contributed by atoms with E-state index >= 15 is 0 Å². The van der Waals surface area contributed by atoms with Crippen LogP contribution in [0.25, 0.3) is 0 Å². The Morgan fingerprint density at radius 3 is 2.89 bits per heavy atom. The molecule has 0 spiro atoms. The summed E-state index contributed by atoms with van der Waals surface area (Å²) in [6.45, 7) is 0.584. The van der Waals surface area contributed by atoms with E-state index in [1.807, 2.05) is 6.07 Å². The van der Waals surface area contributed by atoms with Crippen LogP contribution in [0.3, 0.4) is 0 Å². The van der Waals surface area contributed by atoms with Crippen LogP contribution < -0.4 is 0 Å². The van der Waals surface area contributed by atoms with Crippen molar-refractivity contribution in [2.45, 2.75) is 38.1 Å². The van der Waals surface area contributed by atoms with Crippen LogP contribution in [-0.4, -0.2) is 34.5 Å². The minimum absolute atomic E-state index is 0.0273. The molecule has 1 saturated heterocycles. The maximum Gasteiger partial charge on any atom is 0.326 e. The Balaban J connectivity index is 1.79. The van der Waals surface area contributed by atoms with Crippen LogP contribution in [0.5, 0.6) is 0 Å². The van der Waals surface area contributed by atoms with Gasteiger partial charge >= 0.3 is 5.97 Å². The molecule has 0 unspecified atom stereocenters. The highest BCUT2D eigenvalue weighted by molar-refractivity contribution is 9.11. The number of amides is 1. The van der Waals surface area contributed by atoms with Crippen molar-refractivity contribution in [2.24, 2.45) is 0 Å². The van der Waals surface area contributed by atoms with Gasteiger partial charge in [-0.15, -0.1) is 11.3 Å². The predicted molar refractivity (Wildman–Crippen MR) is 77.3 cm³/mol. The zero-order valence-electron chi connectivity index (χ0n) is 10.5. The van der Waals surface area contributed by atoms with Gasteiger partial charge in [0, 0.05) is 17.8 Å². The molecule has 1 aliphatic heterocycles. The van der Waals surface area contributed by atoms with Crippen molar-refractivity contribution in [1.29, 1.82) is 0 Å². The fourth-order valence-corrected chi connectivity index (χ4v) is 3.89. The van der Waals surface area contributed by atoms with Gasteiger partial charge in [0.15, 0.2) is 0 Å². The molecule has 1 aliphatic rings. The second-order valence-electron chi connectivity index (χ2n) is 4.64. The average molecular weight is 346 g/mol. The Bertz CT molecular complexity index is 474. The summed E-state index contributed by atoms with van der Waals surface area (Å²) in [6, 6.07) is 3.45. The normalized spacial score (nSPS) is 18.8. The molecule has 0 aromatic carbocycles. The molecule has 19 heavy (non-hydrogen) atoms. The molecule has 4 nitrogen and oxygen atoms in total. The molecule has 1 aromatic heterocycles. The van der Waals surface area contributed by atoms with Gasteiger partial charge in [0.25, 0.3) is 0 Å². The fourth-order valence-electron chi connectivity index (χ4n) is 2.37. The lowest BCUT2D eigenvalue weighted by Crippen LogP contribution is -2.40. The zero-order valence-corrected chi connectivity index (χ0v) is 12.9. The van der Waals surface area contributed by atoms with E-state index in [0.29, 0.717) is 19.4 Å². The Hall–Kier alpha value is -0.880. The number of rotatable bonds is 5. The summed E-state index contributed by atoms with van der Waals surface area (Å²) in [5.41, 5.74) is 0. The topological polar surface area (TPSA) is 57.6 Å². The van der Waals surface area contributed by atoms with Gasteiger partial charge in [0.1, 0.15) is 6.04 Å². The van der Waals surface area contributed by atoms with Gasteiger partial charge in [-0.25, -0.2) is 4.79 Å². The molecule has 104 valence electrons. The van der Waals surface area contributed by atoms with Gasteiger partial charge in [-0.1, -0.05) is 0 Å². The van der Waals surface area contributed by atoms with Crippen LogP contribution in [0, 0.1) is 0 Å². The monoisotopic (exact) mass is 345 g/mol. The van der Waals surface area contributed by atoms with Gasteiger partial charge in [-0.05, 0) is 53.7 Å². The molecule has 1 aromatic rings. The van der Waals surface area contributed by atoms with Gasteiger partial charge in [0.05, 0.1) is 3.79 Å². The summed E-state index contributed by atoms with van der Waals surface area (Å²) < 4.78 is 1.10. The quantitative estimate of drug-likeness (QED) is 0.892.